The van der Waals surface area contributed by atoms with Gasteiger partial charge < -0.3 is 5.11 Å². The number of halogens is 1. The predicted octanol–water partition coefficient (Wildman–Crippen LogP) is 3.27. The van der Waals surface area contributed by atoms with Gasteiger partial charge in [0.1, 0.15) is 5.82 Å². The molecule has 0 saturated heterocycles. The first kappa shape index (κ1) is 11.8. The summed E-state index contributed by atoms with van der Waals surface area (Å²) in [6.07, 6.45) is 3.56. The van der Waals surface area contributed by atoms with Crippen LogP contribution in [-0.2, 0) is 11.2 Å². The Morgan fingerprint density at radius 2 is 2.12 bits per heavy atom. The highest BCUT2D eigenvalue weighted by Crippen LogP contribution is 2.39. The Hall–Kier alpha value is -1.64. The topological polar surface area (TPSA) is 37.3 Å². The third-order valence-electron chi connectivity index (χ3n) is 3.33. The predicted molar refractivity (Wildman–Crippen MR) is 64.1 cm³/mol. The Balaban J connectivity index is 2.55. The van der Waals surface area contributed by atoms with Crippen molar-refractivity contribution in [2.75, 3.05) is 0 Å². The number of hydrogen-bond acceptors (Lipinski definition) is 1. The van der Waals surface area contributed by atoms with Crippen LogP contribution in [0, 0.1) is 11.2 Å². The van der Waals surface area contributed by atoms with Crippen molar-refractivity contribution in [2.24, 2.45) is 5.41 Å². The van der Waals surface area contributed by atoms with Crippen molar-refractivity contribution in [2.45, 2.75) is 26.7 Å². The smallest absolute Gasteiger partial charge is 0.313 e. The second kappa shape index (κ2) is 3.99. The molecular weight excluding hydrogens is 219 g/mol. The van der Waals surface area contributed by atoms with E-state index in [4.69, 9.17) is 0 Å². The average Bonchev–Trinajstić information content (AvgIpc) is 2.27. The summed E-state index contributed by atoms with van der Waals surface area (Å²) in [6.45, 7) is 3.31. The van der Waals surface area contributed by atoms with Crippen LogP contribution in [0.5, 0.6) is 0 Å². The fourth-order valence-electron chi connectivity index (χ4n) is 2.21. The van der Waals surface area contributed by atoms with Crippen molar-refractivity contribution in [1.29, 1.82) is 0 Å². The van der Waals surface area contributed by atoms with E-state index in [1.54, 1.807) is 19.9 Å². The highest BCUT2D eigenvalue weighted by atomic mass is 19.1. The number of rotatable bonds is 2. The molecule has 0 atom stereocenters. The first-order chi connectivity index (χ1) is 7.93. The van der Waals surface area contributed by atoms with Crippen LogP contribution in [0.4, 0.5) is 4.39 Å². The molecule has 0 amide bonds. The number of carboxylic acids is 1. The van der Waals surface area contributed by atoms with Crippen molar-refractivity contribution >= 4 is 11.5 Å². The molecule has 0 aliphatic heterocycles. The number of benzene rings is 1. The van der Waals surface area contributed by atoms with E-state index in [0.717, 1.165) is 24.0 Å². The molecule has 17 heavy (non-hydrogen) atoms. The summed E-state index contributed by atoms with van der Waals surface area (Å²) in [5.74, 6) is -1.21. The van der Waals surface area contributed by atoms with E-state index in [1.165, 1.54) is 12.1 Å². The van der Waals surface area contributed by atoms with Gasteiger partial charge >= 0.3 is 5.97 Å². The standard InChI is InChI=1S/C14H15FO2/c1-14(2,13(16)17)12-5-3-4-9-6-7-10(15)8-11(9)12/h5-8H,3-4H2,1-2H3,(H,16,17). The molecule has 0 heterocycles. The Morgan fingerprint density at radius 1 is 1.41 bits per heavy atom. The highest BCUT2D eigenvalue weighted by Gasteiger charge is 2.34. The summed E-state index contributed by atoms with van der Waals surface area (Å²) in [5.41, 5.74) is 1.50. The van der Waals surface area contributed by atoms with Gasteiger partial charge in [-0.3, -0.25) is 4.79 Å². The summed E-state index contributed by atoms with van der Waals surface area (Å²) in [4.78, 5) is 11.3. The summed E-state index contributed by atoms with van der Waals surface area (Å²) in [7, 11) is 0. The number of aryl methyl sites for hydroxylation is 1. The van der Waals surface area contributed by atoms with Crippen LogP contribution in [0.1, 0.15) is 31.4 Å². The number of carbonyl (C=O) groups is 1. The number of carboxylic acid groups (broad SMARTS) is 1. The molecule has 1 aromatic rings. The third kappa shape index (κ3) is 1.97. The van der Waals surface area contributed by atoms with Crippen LogP contribution in [-0.4, -0.2) is 11.1 Å². The number of aliphatic carboxylic acids is 1. The number of fused-ring (bicyclic) bond motifs is 1. The summed E-state index contributed by atoms with van der Waals surface area (Å²) < 4.78 is 13.3. The molecule has 3 heteroatoms. The zero-order valence-corrected chi connectivity index (χ0v) is 9.96. The molecule has 0 aromatic heterocycles. The zero-order chi connectivity index (χ0) is 12.6. The van der Waals surface area contributed by atoms with Crippen LogP contribution < -0.4 is 0 Å². The quantitative estimate of drug-likeness (QED) is 0.852. The molecule has 0 saturated carbocycles. The number of allylic oxidation sites excluding steroid dienone is 1. The highest BCUT2D eigenvalue weighted by molar-refractivity contribution is 5.92. The van der Waals surface area contributed by atoms with Gasteiger partial charge in [-0.05, 0) is 55.5 Å². The van der Waals surface area contributed by atoms with Crippen LogP contribution in [0.15, 0.2) is 24.3 Å². The Morgan fingerprint density at radius 3 is 2.76 bits per heavy atom. The average molecular weight is 234 g/mol. The summed E-state index contributed by atoms with van der Waals surface area (Å²) in [5, 5.41) is 9.25. The van der Waals surface area contributed by atoms with E-state index in [0.29, 0.717) is 5.57 Å². The lowest BCUT2D eigenvalue weighted by Gasteiger charge is -2.28. The summed E-state index contributed by atoms with van der Waals surface area (Å²) >= 11 is 0. The van der Waals surface area contributed by atoms with E-state index in [1.807, 2.05) is 6.08 Å². The number of hydrogen-bond donors (Lipinski definition) is 1. The Labute approximate surface area is 99.8 Å². The zero-order valence-electron chi connectivity index (χ0n) is 9.96. The van der Waals surface area contributed by atoms with Crippen LogP contribution >= 0.6 is 0 Å². The van der Waals surface area contributed by atoms with Gasteiger partial charge in [0.25, 0.3) is 0 Å². The minimum absolute atomic E-state index is 0.322. The van der Waals surface area contributed by atoms with E-state index in [-0.39, 0.29) is 5.82 Å². The molecule has 0 radical (unpaired) electrons. The van der Waals surface area contributed by atoms with Crippen LogP contribution in [0.25, 0.3) is 5.57 Å². The SMILES string of the molecule is CC(C)(C(=O)O)C1=CCCc2ccc(F)cc21. The van der Waals surface area contributed by atoms with Crippen molar-refractivity contribution in [3.8, 4) is 0 Å². The molecule has 0 unspecified atom stereocenters. The molecule has 1 N–H and O–H groups in total. The third-order valence-corrected chi connectivity index (χ3v) is 3.33. The first-order valence-electron chi connectivity index (χ1n) is 5.66. The maximum Gasteiger partial charge on any atom is 0.313 e. The van der Waals surface area contributed by atoms with Gasteiger partial charge in [-0.1, -0.05) is 12.1 Å². The van der Waals surface area contributed by atoms with Crippen molar-refractivity contribution in [3.05, 3.63) is 41.2 Å². The van der Waals surface area contributed by atoms with Crippen LogP contribution in [0.3, 0.4) is 0 Å². The minimum atomic E-state index is -0.983. The molecule has 0 fully saturated rings. The Kier molecular flexibility index (Phi) is 2.77. The van der Waals surface area contributed by atoms with E-state index in [9.17, 15) is 14.3 Å². The van der Waals surface area contributed by atoms with Crippen molar-refractivity contribution < 1.29 is 14.3 Å². The van der Waals surface area contributed by atoms with Crippen LogP contribution in [0.2, 0.25) is 0 Å². The molecule has 1 aromatic carbocycles. The lowest BCUT2D eigenvalue weighted by atomic mass is 9.75. The van der Waals surface area contributed by atoms with Gasteiger partial charge in [0.05, 0.1) is 5.41 Å². The fraction of sp³-hybridized carbons (Fsp3) is 0.357. The molecule has 0 bridgehead atoms. The van der Waals surface area contributed by atoms with E-state index in [2.05, 4.69) is 0 Å². The van der Waals surface area contributed by atoms with Crippen molar-refractivity contribution in [1.82, 2.24) is 0 Å². The molecule has 1 aliphatic carbocycles. The monoisotopic (exact) mass is 234 g/mol. The van der Waals surface area contributed by atoms with E-state index < -0.39 is 11.4 Å². The molecule has 2 nitrogen and oxygen atoms in total. The van der Waals surface area contributed by atoms with Gasteiger partial charge in [0.2, 0.25) is 0 Å². The second-order valence-electron chi connectivity index (χ2n) is 4.89. The lowest BCUT2D eigenvalue weighted by molar-refractivity contribution is -0.143. The first-order valence-corrected chi connectivity index (χ1v) is 5.66. The molecule has 0 spiro atoms. The Bertz CT molecular complexity index is 501. The van der Waals surface area contributed by atoms with Gasteiger partial charge in [-0.15, -0.1) is 0 Å². The second-order valence-corrected chi connectivity index (χ2v) is 4.89. The lowest BCUT2D eigenvalue weighted by Crippen LogP contribution is -2.26. The molecule has 90 valence electrons. The minimum Gasteiger partial charge on any atom is -0.481 e. The molecular formula is C14H15FO2. The van der Waals surface area contributed by atoms with Gasteiger partial charge in [0.15, 0.2) is 0 Å². The summed E-state index contributed by atoms with van der Waals surface area (Å²) in [6, 6.07) is 4.61. The van der Waals surface area contributed by atoms with Gasteiger partial charge in [0, 0.05) is 0 Å². The fourth-order valence-corrected chi connectivity index (χ4v) is 2.21. The maximum absolute atomic E-state index is 13.3. The maximum atomic E-state index is 13.3. The molecule has 1 aliphatic rings. The van der Waals surface area contributed by atoms with E-state index >= 15 is 0 Å². The molecule has 2 rings (SSSR count). The van der Waals surface area contributed by atoms with Crippen molar-refractivity contribution in [3.63, 3.8) is 0 Å². The largest absolute Gasteiger partial charge is 0.481 e. The van der Waals surface area contributed by atoms with Gasteiger partial charge in [-0.2, -0.15) is 0 Å². The normalized spacial score (nSPS) is 15.1. The van der Waals surface area contributed by atoms with Gasteiger partial charge in [-0.25, -0.2) is 4.39 Å².